The van der Waals surface area contributed by atoms with Gasteiger partial charge in [-0.25, -0.2) is 4.98 Å². The zero-order valence-corrected chi connectivity index (χ0v) is 11.7. The summed E-state index contributed by atoms with van der Waals surface area (Å²) >= 11 is 1.90. The highest BCUT2D eigenvalue weighted by molar-refractivity contribution is 7.98. The molecule has 0 aromatic carbocycles. The number of nitrogens with zero attached hydrogens (tertiary/aromatic N) is 2. The second kappa shape index (κ2) is 8.17. The van der Waals surface area contributed by atoms with Crippen molar-refractivity contribution in [3.63, 3.8) is 0 Å². The van der Waals surface area contributed by atoms with Crippen LogP contribution in [0.25, 0.3) is 0 Å². The lowest BCUT2D eigenvalue weighted by Crippen LogP contribution is -2.09. The van der Waals surface area contributed by atoms with Crippen molar-refractivity contribution in [3.8, 4) is 0 Å². The molecule has 0 bridgehead atoms. The standard InChI is InChI=1S/C12H22N4S/c1-4-13-12-15-9-10(2)11(16-12)14-7-5-6-8-17-3/h9H,4-8H2,1-3H3,(H2,13,14,15,16). The Balaban J connectivity index is 2.42. The van der Waals surface area contributed by atoms with Crippen molar-refractivity contribution >= 4 is 23.5 Å². The van der Waals surface area contributed by atoms with Crippen LogP contribution in [0.1, 0.15) is 25.3 Å². The first-order valence-electron chi connectivity index (χ1n) is 6.08. The fourth-order valence-electron chi connectivity index (χ4n) is 1.44. The minimum Gasteiger partial charge on any atom is -0.370 e. The van der Waals surface area contributed by atoms with E-state index in [0.29, 0.717) is 5.95 Å². The topological polar surface area (TPSA) is 49.8 Å². The Morgan fingerprint density at radius 3 is 2.82 bits per heavy atom. The van der Waals surface area contributed by atoms with Crippen molar-refractivity contribution in [2.24, 2.45) is 0 Å². The molecule has 96 valence electrons. The molecule has 1 rings (SSSR count). The lowest BCUT2D eigenvalue weighted by atomic mass is 10.3. The normalized spacial score (nSPS) is 10.3. The number of nitrogens with one attached hydrogen (secondary N) is 2. The molecule has 4 nitrogen and oxygen atoms in total. The predicted octanol–water partition coefficient (Wildman–Crippen LogP) is 2.77. The fourth-order valence-corrected chi connectivity index (χ4v) is 1.94. The van der Waals surface area contributed by atoms with Gasteiger partial charge in [-0.15, -0.1) is 0 Å². The molecule has 5 heteroatoms. The van der Waals surface area contributed by atoms with E-state index >= 15 is 0 Å². The Morgan fingerprint density at radius 2 is 2.12 bits per heavy atom. The number of anilines is 2. The van der Waals surface area contributed by atoms with E-state index in [1.165, 1.54) is 18.6 Å². The van der Waals surface area contributed by atoms with Gasteiger partial charge in [-0.2, -0.15) is 16.7 Å². The van der Waals surface area contributed by atoms with E-state index in [2.05, 4.69) is 26.9 Å². The molecule has 2 N–H and O–H groups in total. The van der Waals surface area contributed by atoms with Crippen molar-refractivity contribution in [2.75, 3.05) is 35.7 Å². The summed E-state index contributed by atoms with van der Waals surface area (Å²) in [5.41, 5.74) is 1.09. The van der Waals surface area contributed by atoms with Gasteiger partial charge >= 0.3 is 0 Å². The van der Waals surface area contributed by atoms with E-state index in [4.69, 9.17) is 0 Å². The first-order chi connectivity index (χ1) is 8.27. The van der Waals surface area contributed by atoms with Crippen LogP contribution in [-0.4, -0.2) is 35.1 Å². The molecular weight excluding hydrogens is 232 g/mol. The van der Waals surface area contributed by atoms with Crippen molar-refractivity contribution in [1.29, 1.82) is 0 Å². The summed E-state index contributed by atoms with van der Waals surface area (Å²) in [6, 6.07) is 0. The zero-order chi connectivity index (χ0) is 12.5. The highest BCUT2D eigenvalue weighted by Crippen LogP contribution is 2.12. The number of rotatable bonds is 8. The summed E-state index contributed by atoms with van der Waals surface area (Å²) in [5.74, 6) is 2.87. The smallest absolute Gasteiger partial charge is 0.224 e. The summed E-state index contributed by atoms with van der Waals surface area (Å²) in [5, 5.41) is 6.49. The molecular formula is C12H22N4S. The monoisotopic (exact) mass is 254 g/mol. The summed E-state index contributed by atoms with van der Waals surface area (Å²) < 4.78 is 0. The van der Waals surface area contributed by atoms with E-state index < -0.39 is 0 Å². The zero-order valence-electron chi connectivity index (χ0n) is 10.9. The van der Waals surface area contributed by atoms with Gasteiger partial charge in [-0.05, 0) is 38.7 Å². The lowest BCUT2D eigenvalue weighted by Gasteiger charge is -2.09. The van der Waals surface area contributed by atoms with E-state index in [1.807, 2.05) is 31.8 Å². The highest BCUT2D eigenvalue weighted by Gasteiger charge is 2.02. The Morgan fingerprint density at radius 1 is 1.29 bits per heavy atom. The number of aryl methyl sites for hydroxylation is 1. The van der Waals surface area contributed by atoms with Gasteiger partial charge in [0.2, 0.25) is 5.95 Å². The molecule has 1 aromatic heterocycles. The third-order valence-corrected chi connectivity index (χ3v) is 3.07. The van der Waals surface area contributed by atoms with E-state index in [1.54, 1.807) is 0 Å². The van der Waals surface area contributed by atoms with Crippen LogP contribution in [0.5, 0.6) is 0 Å². The molecule has 0 fully saturated rings. The molecule has 0 aliphatic rings. The molecule has 0 saturated heterocycles. The maximum Gasteiger partial charge on any atom is 0.224 e. The number of hydrogen-bond donors (Lipinski definition) is 2. The minimum atomic E-state index is 0.699. The minimum absolute atomic E-state index is 0.699. The second-order valence-corrected chi connectivity index (χ2v) is 4.87. The van der Waals surface area contributed by atoms with Gasteiger partial charge in [-0.1, -0.05) is 0 Å². The van der Waals surface area contributed by atoms with Gasteiger partial charge in [-0.3, -0.25) is 0 Å². The quantitative estimate of drug-likeness (QED) is 0.699. The van der Waals surface area contributed by atoms with E-state index in [-0.39, 0.29) is 0 Å². The average molecular weight is 254 g/mol. The maximum absolute atomic E-state index is 4.44. The average Bonchev–Trinajstić information content (AvgIpc) is 2.33. The van der Waals surface area contributed by atoms with Crippen LogP contribution in [0.3, 0.4) is 0 Å². The Kier molecular flexibility index (Phi) is 6.77. The van der Waals surface area contributed by atoms with Crippen LogP contribution < -0.4 is 10.6 Å². The molecule has 0 spiro atoms. The SMILES string of the molecule is CCNc1ncc(C)c(NCCCCSC)n1. The molecule has 1 aromatic rings. The first kappa shape index (κ1) is 14.1. The molecule has 0 aliphatic carbocycles. The van der Waals surface area contributed by atoms with Crippen LogP contribution in [0.2, 0.25) is 0 Å². The number of unbranched alkanes of at least 4 members (excludes halogenated alkanes) is 1. The van der Waals surface area contributed by atoms with Crippen LogP contribution in [0.4, 0.5) is 11.8 Å². The molecule has 0 amide bonds. The maximum atomic E-state index is 4.44. The summed E-state index contributed by atoms with van der Waals surface area (Å²) in [6.45, 7) is 5.89. The molecule has 0 saturated carbocycles. The summed E-state index contributed by atoms with van der Waals surface area (Å²) in [7, 11) is 0. The molecule has 1 heterocycles. The van der Waals surface area contributed by atoms with Crippen molar-refractivity contribution in [1.82, 2.24) is 9.97 Å². The van der Waals surface area contributed by atoms with Crippen LogP contribution in [0.15, 0.2) is 6.20 Å². The highest BCUT2D eigenvalue weighted by atomic mass is 32.2. The lowest BCUT2D eigenvalue weighted by molar-refractivity contribution is 0.837. The van der Waals surface area contributed by atoms with Gasteiger partial charge in [0.15, 0.2) is 0 Å². The predicted molar refractivity (Wildman–Crippen MR) is 77.0 cm³/mol. The molecule has 0 unspecified atom stereocenters. The molecule has 17 heavy (non-hydrogen) atoms. The second-order valence-electron chi connectivity index (χ2n) is 3.88. The van der Waals surface area contributed by atoms with Gasteiger partial charge in [0.1, 0.15) is 5.82 Å². The number of thioether (sulfide) groups is 1. The van der Waals surface area contributed by atoms with Crippen molar-refractivity contribution in [2.45, 2.75) is 26.7 Å². The van der Waals surface area contributed by atoms with Gasteiger partial charge in [0.05, 0.1) is 0 Å². The third kappa shape index (κ3) is 5.26. The van der Waals surface area contributed by atoms with Crippen LogP contribution in [-0.2, 0) is 0 Å². The summed E-state index contributed by atoms with van der Waals surface area (Å²) in [6.07, 6.45) is 6.43. The van der Waals surface area contributed by atoms with E-state index in [9.17, 15) is 0 Å². The number of hydrogen-bond acceptors (Lipinski definition) is 5. The molecule has 0 atom stereocenters. The number of aromatic nitrogens is 2. The Bertz CT molecular complexity index is 330. The van der Waals surface area contributed by atoms with Crippen molar-refractivity contribution in [3.05, 3.63) is 11.8 Å². The first-order valence-corrected chi connectivity index (χ1v) is 7.47. The van der Waals surface area contributed by atoms with E-state index in [0.717, 1.165) is 24.5 Å². The fraction of sp³-hybridized carbons (Fsp3) is 0.667. The summed E-state index contributed by atoms with van der Waals surface area (Å²) in [4.78, 5) is 8.66. The molecule has 0 aliphatic heterocycles. The largest absolute Gasteiger partial charge is 0.370 e. The molecule has 0 radical (unpaired) electrons. The van der Waals surface area contributed by atoms with Gasteiger partial charge < -0.3 is 10.6 Å². The van der Waals surface area contributed by atoms with Gasteiger partial charge in [0.25, 0.3) is 0 Å². The third-order valence-electron chi connectivity index (χ3n) is 2.37. The van der Waals surface area contributed by atoms with Crippen LogP contribution >= 0.6 is 11.8 Å². The Labute approximate surface area is 108 Å². The van der Waals surface area contributed by atoms with Gasteiger partial charge in [0, 0.05) is 24.8 Å². The Hall–Kier alpha value is -0.970. The van der Waals surface area contributed by atoms with Crippen molar-refractivity contribution < 1.29 is 0 Å². The van der Waals surface area contributed by atoms with Crippen LogP contribution in [0, 0.1) is 6.92 Å².